The van der Waals surface area contributed by atoms with E-state index < -0.39 is 12.0 Å². The maximum Gasteiger partial charge on any atom is 0.325 e. The van der Waals surface area contributed by atoms with Crippen molar-refractivity contribution in [3.63, 3.8) is 0 Å². The lowest BCUT2D eigenvalue weighted by Crippen LogP contribution is -2.33. The molecule has 1 aromatic carbocycles. The van der Waals surface area contributed by atoms with Crippen molar-refractivity contribution in [2.45, 2.75) is 6.04 Å². The van der Waals surface area contributed by atoms with Crippen molar-refractivity contribution < 1.29 is 14.3 Å². The summed E-state index contributed by atoms with van der Waals surface area (Å²) < 4.78 is 13.1. The average molecular weight is 279 g/mol. The predicted octanol–water partition coefficient (Wildman–Crippen LogP) is 1.58. The highest BCUT2D eigenvalue weighted by Gasteiger charge is 2.22. The number of fused-ring (bicyclic) bond motifs is 1. The van der Waals surface area contributed by atoms with Gasteiger partial charge in [0.2, 0.25) is 0 Å². The van der Waals surface area contributed by atoms with E-state index in [9.17, 15) is 14.3 Å². The molecule has 0 saturated heterocycles. The van der Waals surface area contributed by atoms with Crippen molar-refractivity contribution in [3.8, 4) is 0 Å². The van der Waals surface area contributed by atoms with Crippen LogP contribution in [0.2, 0.25) is 0 Å². The average Bonchev–Trinajstić information content (AvgIpc) is 2.76. The summed E-state index contributed by atoms with van der Waals surface area (Å²) in [7, 11) is 3.85. The fourth-order valence-electron chi connectivity index (χ4n) is 2.12. The Balaban J connectivity index is 2.25. The van der Waals surface area contributed by atoms with E-state index in [4.69, 9.17) is 0 Å². The number of hydrogen-bond donors (Lipinski definition) is 3. The van der Waals surface area contributed by atoms with Gasteiger partial charge < -0.3 is 15.0 Å². The highest BCUT2D eigenvalue weighted by molar-refractivity contribution is 5.89. The van der Waals surface area contributed by atoms with Gasteiger partial charge in [-0.2, -0.15) is 0 Å². The normalized spacial score (nSPS) is 13.0. The predicted molar refractivity (Wildman–Crippen MR) is 75.2 cm³/mol. The topological polar surface area (TPSA) is 68.4 Å². The van der Waals surface area contributed by atoms with Gasteiger partial charge in [0.15, 0.2) is 0 Å². The zero-order valence-corrected chi connectivity index (χ0v) is 11.5. The molecule has 3 N–H and O–H groups in total. The van der Waals surface area contributed by atoms with Crippen LogP contribution in [0.4, 0.5) is 4.39 Å². The lowest BCUT2D eigenvalue weighted by Gasteiger charge is -2.16. The highest BCUT2D eigenvalue weighted by atomic mass is 19.1. The second-order valence-corrected chi connectivity index (χ2v) is 4.96. The summed E-state index contributed by atoms with van der Waals surface area (Å²) >= 11 is 0. The summed E-state index contributed by atoms with van der Waals surface area (Å²) in [4.78, 5) is 16.3. The summed E-state index contributed by atoms with van der Waals surface area (Å²) in [6.45, 7) is 1.29. The standard InChI is InChI=1S/C14H18FN3O2/c1-18(2)6-5-16-13(14(19)20)11-8-17-12-7-9(15)3-4-10(11)12/h3-4,7-8,13,16-17H,5-6H2,1-2H3,(H,19,20)/t13-/m1/s1. The van der Waals surface area contributed by atoms with E-state index in [0.717, 1.165) is 11.9 Å². The van der Waals surface area contributed by atoms with Crippen LogP contribution in [0.25, 0.3) is 10.9 Å². The molecule has 0 amide bonds. The van der Waals surface area contributed by atoms with E-state index in [1.54, 1.807) is 12.3 Å². The van der Waals surface area contributed by atoms with Crippen molar-refractivity contribution in [1.82, 2.24) is 15.2 Å². The van der Waals surface area contributed by atoms with Gasteiger partial charge in [0.05, 0.1) is 0 Å². The first-order chi connectivity index (χ1) is 9.49. The Hall–Kier alpha value is -1.92. The SMILES string of the molecule is CN(C)CCN[C@@H](C(=O)O)c1c[nH]c2cc(F)ccc12. The van der Waals surface area contributed by atoms with Gasteiger partial charge >= 0.3 is 5.97 Å². The Bertz CT molecular complexity index is 609. The number of carboxylic acid groups (broad SMARTS) is 1. The summed E-state index contributed by atoms with van der Waals surface area (Å²) in [5.41, 5.74) is 1.21. The number of benzene rings is 1. The third-order valence-corrected chi connectivity index (χ3v) is 3.14. The van der Waals surface area contributed by atoms with E-state index in [2.05, 4.69) is 10.3 Å². The molecule has 2 rings (SSSR count). The van der Waals surface area contributed by atoms with E-state index in [1.807, 2.05) is 19.0 Å². The summed E-state index contributed by atoms with van der Waals surface area (Å²) in [5, 5.41) is 13.1. The van der Waals surface area contributed by atoms with Gasteiger partial charge in [0, 0.05) is 35.8 Å². The minimum Gasteiger partial charge on any atom is -0.480 e. The monoisotopic (exact) mass is 279 g/mol. The molecule has 6 heteroatoms. The van der Waals surface area contributed by atoms with Crippen LogP contribution < -0.4 is 5.32 Å². The van der Waals surface area contributed by atoms with Gasteiger partial charge in [-0.3, -0.25) is 10.1 Å². The van der Waals surface area contributed by atoms with Crippen molar-refractivity contribution in [2.75, 3.05) is 27.2 Å². The molecule has 0 aliphatic rings. The summed E-state index contributed by atoms with van der Waals surface area (Å²) in [6, 6.07) is 3.48. The second-order valence-electron chi connectivity index (χ2n) is 4.96. The Morgan fingerprint density at radius 1 is 1.50 bits per heavy atom. The number of aromatic nitrogens is 1. The van der Waals surface area contributed by atoms with Crippen molar-refractivity contribution in [2.24, 2.45) is 0 Å². The minimum atomic E-state index is -0.950. The van der Waals surface area contributed by atoms with Crippen LogP contribution in [0.5, 0.6) is 0 Å². The van der Waals surface area contributed by atoms with Crippen LogP contribution in [0, 0.1) is 5.82 Å². The second kappa shape index (κ2) is 6.02. The molecule has 0 saturated carbocycles. The molecule has 1 atom stereocenters. The molecular formula is C14H18FN3O2. The number of nitrogens with one attached hydrogen (secondary N) is 2. The lowest BCUT2D eigenvalue weighted by atomic mass is 10.1. The molecule has 0 fully saturated rings. The molecular weight excluding hydrogens is 261 g/mol. The Labute approximate surface area is 116 Å². The smallest absolute Gasteiger partial charge is 0.325 e. The van der Waals surface area contributed by atoms with Crippen LogP contribution in [0.3, 0.4) is 0 Å². The highest BCUT2D eigenvalue weighted by Crippen LogP contribution is 2.25. The number of nitrogens with zero attached hydrogens (tertiary/aromatic N) is 1. The molecule has 0 radical (unpaired) electrons. The summed E-state index contributed by atoms with van der Waals surface area (Å²) in [5.74, 6) is -1.30. The third-order valence-electron chi connectivity index (χ3n) is 3.14. The molecule has 0 spiro atoms. The number of rotatable bonds is 6. The quantitative estimate of drug-likeness (QED) is 0.751. The van der Waals surface area contributed by atoms with Crippen molar-refractivity contribution in [1.29, 1.82) is 0 Å². The fraction of sp³-hybridized carbons (Fsp3) is 0.357. The van der Waals surface area contributed by atoms with Gasteiger partial charge in [-0.05, 0) is 32.3 Å². The zero-order chi connectivity index (χ0) is 14.7. The van der Waals surface area contributed by atoms with E-state index in [0.29, 0.717) is 17.6 Å². The molecule has 20 heavy (non-hydrogen) atoms. The number of likely N-dealkylation sites (N-methyl/N-ethyl adjacent to an activating group) is 1. The van der Waals surface area contributed by atoms with Crippen molar-refractivity contribution in [3.05, 3.63) is 35.8 Å². The van der Waals surface area contributed by atoms with Gasteiger partial charge in [-0.1, -0.05) is 0 Å². The number of H-pyrrole nitrogens is 1. The number of carbonyl (C=O) groups is 1. The Morgan fingerprint density at radius 3 is 2.90 bits per heavy atom. The molecule has 2 aromatic rings. The van der Waals surface area contributed by atoms with Gasteiger partial charge in [0.1, 0.15) is 11.9 Å². The van der Waals surface area contributed by atoms with Gasteiger partial charge in [-0.25, -0.2) is 4.39 Å². The first-order valence-corrected chi connectivity index (χ1v) is 6.36. The maximum atomic E-state index is 13.1. The van der Waals surface area contributed by atoms with Crippen LogP contribution >= 0.6 is 0 Å². The molecule has 0 unspecified atom stereocenters. The van der Waals surface area contributed by atoms with Crippen molar-refractivity contribution >= 4 is 16.9 Å². The maximum absolute atomic E-state index is 13.1. The number of aliphatic carboxylic acids is 1. The molecule has 108 valence electrons. The largest absolute Gasteiger partial charge is 0.480 e. The molecule has 5 nitrogen and oxygen atoms in total. The van der Waals surface area contributed by atoms with E-state index in [1.165, 1.54) is 12.1 Å². The van der Waals surface area contributed by atoms with Crippen LogP contribution in [0.1, 0.15) is 11.6 Å². The summed E-state index contributed by atoms with van der Waals surface area (Å²) in [6.07, 6.45) is 1.62. The Morgan fingerprint density at radius 2 is 2.25 bits per heavy atom. The molecule has 0 aliphatic heterocycles. The molecule has 0 aliphatic carbocycles. The number of aromatic amines is 1. The first kappa shape index (κ1) is 14.5. The lowest BCUT2D eigenvalue weighted by molar-refractivity contribution is -0.139. The van der Waals surface area contributed by atoms with E-state index in [-0.39, 0.29) is 5.82 Å². The number of halogens is 1. The van der Waals surface area contributed by atoms with Crippen LogP contribution in [0.15, 0.2) is 24.4 Å². The minimum absolute atomic E-state index is 0.349. The van der Waals surface area contributed by atoms with Gasteiger partial charge in [-0.15, -0.1) is 0 Å². The number of carboxylic acids is 1. The van der Waals surface area contributed by atoms with Crippen LogP contribution in [-0.2, 0) is 4.79 Å². The van der Waals surface area contributed by atoms with Crippen LogP contribution in [-0.4, -0.2) is 48.1 Å². The van der Waals surface area contributed by atoms with E-state index >= 15 is 0 Å². The van der Waals surface area contributed by atoms with Gasteiger partial charge in [0.25, 0.3) is 0 Å². The first-order valence-electron chi connectivity index (χ1n) is 6.36. The number of hydrogen-bond acceptors (Lipinski definition) is 3. The third kappa shape index (κ3) is 3.15. The molecule has 1 aromatic heterocycles. The molecule has 0 bridgehead atoms. The Kier molecular flexibility index (Phi) is 4.36. The fourth-order valence-corrected chi connectivity index (χ4v) is 2.12. The molecule has 1 heterocycles. The zero-order valence-electron chi connectivity index (χ0n) is 11.5.